The smallest absolute Gasteiger partial charge is 0.356 e. The molecule has 0 saturated heterocycles. The summed E-state index contributed by atoms with van der Waals surface area (Å²) in [6.07, 6.45) is -1.13. The number of aryl methyl sites for hydroxylation is 1. The van der Waals surface area contributed by atoms with E-state index in [9.17, 15) is 14.4 Å². The Balaban J connectivity index is 1.57. The molecule has 4 aromatic carbocycles. The minimum atomic E-state index is -1.13. The average Bonchev–Trinajstić information content (AvgIpc) is 2.96. The number of para-hydroxylation sites is 2. The predicted octanol–water partition coefficient (Wildman–Crippen LogP) is 6.42. The van der Waals surface area contributed by atoms with Crippen LogP contribution in [0.1, 0.15) is 23.0 Å². The summed E-state index contributed by atoms with van der Waals surface area (Å²) in [5.41, 5.74) is 3.49. The van der Waals surface area contributed by atoms with Crippen LogP contribution in [0, 0.1) is 6.92 Å². The van der Waals surface area contributed by atoms with Gasteiger partial charge in [-0.15, -0.1) is 0 Å². The van der Waals surface area contributed by atoms with E-state index in [1.807, 2.05) is 104 Å². The molecule has 1 unspecified atom stereocenters. The van der Waals surface area contributed by atoms with Gasteiger partial charge in [0.15, 0.2) is 6.10 Å². The molecule has 0 fully saturated rings. The first kappa shape index (κ1) is 25.7. The summed E-state index contributed by atoms with van der Waals surface area (Å²) in [5.74, 6) is -1.17. The maximum absolute atomic E-state index is 13.8. The molecule has 1 heterocycles. The van der Waals surface area contributed by atoms with Crippen molar-refractivity contribution in [3.8, 4) is 11.1 Å². The molecule has 0 N–H and O–H groups in total. The van der Waals surface area contributed by atoms with Crippen LogP contribution in [0.15, 0.2) is 114 Å². The number of ether oxygens (including phenoxy) is 1. The number of amides is 1. The van der Waals surface area contributed by atoms with Crippen molar-refractivity contribution in [2.24, 2.45) is 7.05 Å². The first-order valence-corrected chi connectivity index (χ1v) is 12.7. The van der Waals surface area contributed by atoms with Crippen LogP contribution in [-0.2, 0) is 16.6 Å². The summed E-state index contributed by atoms with van der Waals surface area (Å²) in [7, 11) is 1.55. The summed E-state index contributed by atoms with van der Waals surface area (Å²) >= 11 is 0. The van der Waals surface area contributed by atoms with E-state index in [0.717, 1.165) is 11.1 Å². The first-order valence-electron chi connectivity index (χ1n) is 12.7. The zero-order chi connectivity index (χ0) is 27.5. The average molecular weight is 517 g/mol. The van der Waals surface area contributed by atoms with Crippen molar-refractivity contribution in [1.82, 2.24) is 4.57 Å². The zero-order valence-electron chi connectivity index (χ0n) is 22.0. The third-order valence-corrected chi connectivity index (χ3v) is 6.72. The molecule has 1 amide bonds. The number of pyridine rings is 1. The lowest BCUT2D eigenvalue weighted by Crippen LogP contribution is -2.38. The number of fused-ring (bicyclic) bond motifs is 1. The summed E-state index contributed by atoms with van der Waals surface area (Å²) in [4.78, 5) is 42.3. The lowest BCUT2D eigenvalue weighted by molar-refractivity contribution is -0.125. The Hall–Kier alpha value is -4.97. The number of benzene rings is 4. The Morgan fingerprint density at radius 1 is 0.744 bits per heavy atom. The van der Waals surface area contributed by atoms with Gasteiger partial charge in [0.05, 0.1) is 0 Å². The van der Waals surface area contributed by atoms with E-state index in [1.165, 1.54) is 9.47 Å². The van der Waals surface area contributed by atoms with Gasteiger partial charge < -0.3 is 9.30 Å². The SMILES string of the molecule is Cc1ccc(-c2c(C(=O)OC(C)C(=O)N(c3ccccc3)c3ccccc3)n(C)c(=O)c3ccccc23)cc1. The van der Waals surface area contributed by atoms with Crippen LogP contribution in [0.5, 0.6) is 0 Å². The number of carbonyl (C=O) groups is 2. The third-order valence-electron chi connectivity index (χ3n) is 6.72. The van der Waals surface area contributed by atoms with Crippen molar-refractivity contribution >= 4 is 34.0 Å². The Kier molecular flexibility index (Phi) is 7.10. The third kappa shape index (κ3) is 4.97. The van der Waals surface area contributed by atoms with Crippen LogP contribution < -0.4 is 10.5 Å². The Morgan fingerprint density at radius 2 is 1.26 bits per heavy atom. The van der Waals surface area contributed by atoms with Crippen molar-refractivity contribution in [3.05, 3.63) is 131 Å². The highest BCUT2D eigenvalue weighted by Crippen LogP contribution is 2.32. The number of rotatable bonds is 6. The summed E-state index contributed by atoms with van der Waals surface area (Å²) in [5, 5.41) is 1.14. The van der Waals surface area contributed by atoms with Gasteiger partial charge in [0, 0.05) is 29.4 Å². The fourth-order valence-electron chi connectivity index (χ4n) is 4.72. The molecule has 0 aliphatic carbocycles. The van der Waals surface area contributed by atoms with E-state index < -0.39 is 18.0 Å². The van der Waals surface area contributed by atoms with Crippen LogP contribution in [-0.4, -0.2) is 22.5 Å². The van der Waals surface area contributed by atoms with Gasteiger partial charge in [-0.25, -0.2) is 4.79 Å². The normalized spacial score (nSPS) is 11.7. The zero-order valence-corrected chi connectivity index (χ0v) is 22.0. The number of nitrogens with zero attached hydrogens (tertiary/aromatic N) is 2. The van der Waals surface area contributed by atoms with Crippen molar-refractivity contribution in [2.45, 2.75) is 20.0 Å². The molecule has 0 aliphatic rings. The highest BCUT2D eigenvalue weighted by atomic mass is 16.5. The molecule has 6 nitrogen and oxygen atoms in total. The molecule has 6 heteroatoms. The Morgan fingerprint density at radius 3 is 1.82 bits per heavy atom. The monoisotopic (exact) mass is 516 g/mol. The van der Waals surface area contributed by atoms with Crippen LogP contribution in [0.3, 0.4) is 0 Å². The van der Waals surface area contributed by atoms with Gasteiger partial charge in [-0.3, -0.25) is 14.5 Å². The van der Waals surface area contributed by atoms with Crippen molar-refractivity contribution in [2.75, 3.05) is 4.90 Å². The lowest BCUT2D eigenvalue weighted by atomic mass is 9.96. The highest BCUT2D eigenvalue weighted by molar-refractivity contribution is 6.08. The van der Waals surface area contributed by atoms with E-state index >= 15 is 0 Å². The van der Waals surface area contributed by atoms with Crippen LogP contribution >= 0.6 is 0 Å². The van der Waals surface area contributed by atoms with Gasteiger partial charge in [-0.2, -0.15) is 0 Å². The molecule has 0 bridgehead atoms. The topological polar surface area (TPSA) is 68.6 Å². The minimum Gasteiger partial charge on any atom is -0.448 e. The number of anilines is 2. The van der Waals surface area contributed by atoms with E-state index in [1.54, 1.807) is 26.1 Å². The molecule has 39 heavy (non-hydrogen) atoms. The molecule has 1 aromatic heterocycles. The fourth-order valence-corrected chi connectivity index (χ4v) is 4.72. The molecular weight excluding hydrogens is 488 g/mol. The van der Waals surface area contributed by atoms with Crippen LogP contribution in [0.25, 0.3) is 21.9 Å². The molecule has 0 saturated carbocycles. The second-order valence-electron chi connectivity index (χ2n) is 9.39. The molecule has 0 spiro atoms. The number of carbonyl (C=O) groups excluding carboxylic acids is 2. The quantitative estimate of drug-likeness (QED) is 0.244. The van der Waals surface area contributed by atoms with Crippen LogP contribution in [0.4, 0.5) is 11.4 Å². The van der Waals surface area contributed by atoms with E-state index in [4.69, 9.17) is 4.74 Å². The minimum absolute atomic E-state index is 0.0909. The highest BCUT2D eigenvalue weighted by Gasteiger charge is 2.30. The molecule has 5 rings (SSSR count). The van der Waals surface area contributed by atoms with Crippen molar-refractivity contribution < 1.29 is 14.3 Å². The van der Waals surface area contributed by atoms with Crippen LogP contribution in [0.2, 0.25) is 0 Å². The van der Waals surface area contributed by atoms with Gasteiger partial charge in [-0.05, 0) is 55.1 Å². The van der Waals surface area contributed by atoms with E-state index in [-0.39, 0.29) is 11.3 Å². The van der Waals surface area contributed by atoms with Gasteiger partial charge in [0.25, 0.3) is 11.5 Å². The molecule has 5 aromatic rings. The largest absolute Gasteiger partial charge is 0.448 e. The summed E-state index contributed by atoms with van der Waals surface area (Å²) in [6.45, 7) is 3.53. The van der Waals surface area contributed by atoms with Gasteiger partial charge in [0.2, 0.25) is 0 Å². The second kappa shape index (κ2) is 10.8. The first-order chi connectivity index (χ1) is 18.9. The maximum atomic E-state index is 13.8. The molecule has 0 radical (unpaired) electrons. The number of hydrogen-bond acceptors (Lipinski definition) is 4. The summed E-state index contributed by atoms with van der Waals surface area (Å²) < 4.78 is 7.11. The maximum Gasteiger partial charge on any atom is 0.356 e. The standard InChI is InChI=1S/C33H28N2O4/c1-22-18-20-24(21-19-22)29-27-16-10-11-17-28(27)32(37)34(3)30(29)33(38)39-23(2)31(36)35(25-12-6-4-7-13-25)26-14-8-5-9-15-26/h4-21,23H,1-3H3. The van der Waals surface area contributed by atoms with Gasteiger partial charge >= 0.3 is 5.97 Å². The Bertz CT molecular complexity index is 1670. The lowest BCUT2D eigenvalue weighted by Gasteiger charge is -2.26. The van der Waals surface area contributed by atoms with E-state index in [2.05, 4.69) is 0 Å². The van der Waals surface area contributed by atoms with Gasteiger partial charge in [-0.1, -0.05) is 84.4 Å². The molecule has 1 atom stereocenters. The molecule has 0 aliphatic heterocycles. The fraction of sp³-hybridized carbons (Fsp3) is 0.121. The number of hydrogen-bond donors (Lipinski definition) is 0. The molecular formula is C33H28N2O4. The van der Waals surface area contributed by atoms with Gasteiger partial charge in [0.1, 0.15) is 5.69 Å². The van der Waals surface area contributed by atoms with Crippen molar-refractivity contribution in [3.63, 3.8) is 0 Å². The predicted molar refractivity (Wildman–Crippen MR) is 154 cm³/mol. The Labute approximate surface area is 226 Å². The summed E-state index contributed by atoms with van der Waals surface area (Å²) in [6, 6.07) is 33.3. The van der Waals surface area contributed by atoms with Crippen molar-refractivity contribution in [1.29, 1.82) is 0 Å². The van der Waals surface area contributed by atoms with E-state index in [0.29, 0.717) is 27.7 Å². The number of aromatic nitrogens is 1. The molecule has 194 valence electrons. The second-order valence-corrected chi connectivity index (χ2v) is 9.39. The number of esters is 1.